The van der Waals surface area contributed by atoms with E-state index < -0.39 is 0 Å². The number of thiophene rings is 1. The number of ether oxygens (including phenoxy) is 1. The van der Waals surface area contributed by atoms with Crippen molar-refractivity contribution in [3.8, 4) is 0 Å². The number of carbonyl (C=O) groups is 1. The minimum Gasteiger partial charge on any atom is -0.444 e. The van der Waals surface area contributed by atoms with Crippen molar-refractivity contribution in [2.45, 2.75) is 58.1 Å². The van der Waals surface area contributed by atoms with Gasteiger partial charge >= 0.3 is 35.7 Å². The number of carbonyl (C=O) groups excluding carboxylic acids is 1. The van der Waals surface area contributed by atoms with Gasteiger partial charge in [-0.05, 0) is 44.5 Å². The average molecular weight is 342 g/mol. The molecule has 1 saturated carbocycles. The minimum atomic E-state index is -0.386. The van der Waals surface area contributed by atoms with E-state index in [4.69, 9.17) is 4.74 Å². The standard InChI is InChI=1S/C10H19NO2.C7H4NS.Na/c1-10(2,3)13-9(12)11-8-6-4-5-7-8;1-2-7-6(8-4-1)3-5-9-7;/h8H,4-7H2,1-3H3,(H,11,12);1-3,5H;/q;-1;+1. The molecule has 2 heterocycles. The number of fused-ring (bicyclic) bond motifs is 1. The van der Waals surface area contributed by atoms with Crippen molar-refractivity contribution in [2.75, 3.05) is 0 Å². The molecule has 2 aromatic heterocycles. The fourth-order valence-electron chi connectivity index (χ4n) is 2.30. The summed E-state index contributed by atoms with van der Waals surface area (Å²) in [6.07, 6.45) is 7.14. The summed E-state index contributed by atoms with van der Waals surface area (Å²) in [5.41, 5.74) is 0.658. The van der Waals surface area contributed by atoms with E-state index in [2.05, 4.69) is 16.5 Å². The number of hydrogen-bond donors (Lipinski definition) is 1. The van der Waals surface area contributed by atoms with Gasteiger partial charge in [-0.1, -0.05) is 29.8 Å². The molecule has 0 atom stereocenters. The molecule has 23 heavy (non-hydrogen) atoms. The van der Waals surface area contributed by atoms with Gasteiger partial charge in [0, 0.05) is 6.04 Å². The normalized spacial score (nSPS) is 14.6. The first-order valence-electron chi connectivity index (χ1n) is 7.64. The van der Waals surface area contributed by atoms with E-state index in [1.165, 1.54) is 17.5 Å². The first kappa shape index (κ1) is 20.4. The predicted octanol–water partition coefficient (Wildman–Crippen LogP) is 1.55. The van der Waals surface area contributed by atoms with E-state index in [1.807, 2.05) is 44.4 Å². The van der Waals surface area contributed by atoms with Gasteiger partial charge in [0.05, 0.1) is 0 Å². The molecule has 1 aliphatic rings. The summed E-state index contributed by atoms with van der Waals surface area (Å²) in [6.45, 7) is 5.63. The van der Waals surface area contributed by atoms with Crippen LogP contribution in [0.1, 0.15) is 46.5 Å². The van der Waals surface area contributed by atoms with Crippen molar-refractivity contribution in [3.05, 3.63) is 29.8 Å². The van der Waals surface area contributed by atoms with Crippen molar-refractivity contribution in [1.82, 2.24) is 10.3 Å². The van der Waals surface area contributed by atoms with Crippen LogP contribution in [0, 0.1) is 6.20 Å². The largest absolute Gasteiger partial charge is 1.00 e. The summed E-state index contributed by atoms with van der Waals surface area (Å²) in [5, 5.41) is 4.91. The monoisotopic (exact) mass is 342 g/mol. The molecule has 0 aliphatic heterocycles. The molecule has 2 aromatic rings. The Kier molecular flexibility index (Phi) is 8.54. The number of nitrogens with zero attached hydrogens (tertiary/aromatic N) is 1. The van der Waals surface area contributed by atoms with E-state index in [1.54, 1.807) is 11.3 Å². The van der Waals surface area contributed by atoms with Gasteiger partial charge in [0.25, 0.3) is 0 Å². The third kappa shape index (κ3) is 7.66. The van der Waals surface area contributed by atoms with Crippen molar-refractivity contribution >= 4 is 27.6 Å². The van der Waals surface area contributed by atoms with Crippen LogP contribution in [0.5, 0.6) is 0 Å². The Labute approximate surface area is 164 Å². The maximum atomic E-state index is 11.3. The van der Waals surface area contributed by atoms with Crippen LogP contribution < -0.4 is 34.9 Å². The fourth-order valence-corrected chi connectivity index (χ4v) is 3.02. The average Bonchev–Trinajstić information content (AvgIpc) is 3.07. The predicted molar refractivity (Wildman–Crippen MR) is 90.1 cm³/mol. The van der Waals surface area contributed by atoms with Gasteiger partial charge in [0.1, 0.15) is 5.60 Å². The minimum absolute atomic E-state index is 0. The van der Waals surface area contributed by atoms with Crippen molar-refractivity contribution in [1.29, 1.82) is 0 Å². The first-order chi connectivity index (χ1) is 10.4. The summed E-state index contributed by atoms with van der Waals surface area (Å²) in [7, 11) is 0. The third-order valence-corrected chi connectivity index (χ3v) is 4.11. The summed E-state index contributed by atoms with van der Waals surface area (Å²) in [5.74, 6) is 0. The number of hydrogen-bond acceptors (Lipinski definition) is 4. The number of aromatic nitrogens is 1. The number of rotatable bonds is 1. The molecule has 0 saturated heterocycles. The molecule has 3 rings (SSSR count). The molecular weight excluding hydrogens is 319 g/mol. The molecule has 1 amide bonds. The third-order valence-electron chi connectivity index (χ3n) is 3.24. The van der Waals surface area contributed by atoms with Crippen LogP contribution in [0.3, 0.4) is 0 Å². The van der Waals surface area contributed by atoms with Crippen molar-refractivity contribution in [3.63, 3.8) is 0 Å². The van der Waals surface area contributed by atoms with Crippen LogP contribution in [0.4, 0.5) is 4.79 Å². The maximum absolute atomic E-state index is 11.3. The molecule has 1 fully saturated rings. The van der Waals surface area contributed by atoms with E-state index in [-0.39, 0.29) is 41.3 Å². The van der Waals surface area contributed by atoms with Crippen LogP contribution in [-0.4, -0.2) is 22.7 Å². The van der Waals surface area contributed by atoms with Crippen LogP contribution in [0.25, 0.3) is 10.2 Å². The summed E-state index contributed by atoms with van der Waals surface area (Å²) in [4.78, 5) is 15.3. The molecule has 120 valence electrons. The summed E-state index contributed by atoms with van der Waals surface area (Å²) < 4.78 is 6.38. The number of nitrogens with one attached hydrogen (secondary N) is 1. The fraction of sp³-hybridized carbons (Fsp3) is 0.529. The Morgan fingerprint density at radius 3 is 2.65 bits per heavy atom. The van der Waals surface area contributed by atoms with Crippen LogP contribution in [0.2, 0.25) is 0 Å². The maximum Gasteiger partial charge on any atom is 1.00 e. The topological polar surface area (TPSA) is 51.2 Å². The van der Waals surface area contributed by atoms with Gasteiger partial charge in [-0.3, -0.25) is 0 Å². The summed E-state index contributed by atoms with van der Waals surface area (Å²) >= 11 is 1.70. The van der Waals surface area contributed by atoms with E-state index >= 15 is 0 Å². The number of alkyl carbamates (subject to hydrolysis) is 1. The summed E-state index contributed by atoms with van der Waals surface area (Å²) in [6, 6.07) is 6.19. The van der Waals surface area contributed by atoms with Crippen molar-refractivity contribution in [2.24, 2.45) is 0 Å². The second-order valence-electron chi connectivity index (χ2n) is 6.37. The van der Waals surface area contributed by atoms with Gasteiger partial charge in [0.2, 0.25) is 0 Å². The second kappa shape index (κ2) is 9.62. The van der Waals surface area contributed by atoms with Crippen LogP contribution in [-0.2, 0) is 4.74 Å². The van der Waals surface area contributed by atoms with Crippen LogP contribution in [0.15, 0.2) is 23.6 Å². The quantitative estimate of drug-likeness (QED) is 0.632. The molecule has 0 radical (unpaired) electrons. The number of pyridine rings is 1. The van der Waals surface area contributed by atoms with E-state index in [9.17, 15) is 4.79 Å². The Morgan fingerprint density at radius 1 is 1.35 bits per heavy atom. The molecular formula is C17H23N2NaO2S. The van der Waals surface area contributed by atoms with Gasteiger partial charge in [-0.25, -0.2) is 4.79 Å². The first-order valence-corrected chi connectivity index (χ1v) is 8.52. The van der Waals surface area contributed by atoms with Crippen molar-refractivity contribution < 1.29 is 39.1 Å². The van der Waals surface area contributed by atoms with Crippen LogP contribution >= 0.6 is 11.3 Å². The van der Waals surface area contributed by atoms with E-state index in [0.29, 0.717) is 6.04 Å². The number of amides is 1. The molecule has 0 spiro atoms. The van der Waals surface area contributed by atoms with Gasteiger partial charge in [0.15, 0.2) is 0 Å². The Bertz CT molecular complexity index is 574. The zero-order chi connectivity index (χ0) is 16.0. The molecule has 6 heteroatoms. The smallest absolute Gasteiger partial charge is 0.444 e. The molecule has 1 N–H and O–H groups in total. The Morgan fingerprint density at radius 2 is 2.04 bits per heavy atom. The zero-order valence-corrected chi connectivity index (χ0v) is 17.2. The Balaban J connectivity index is 0.000000232. The zero-order valence-electron chi connectivity index (χ0n) is 14.4. The molecule has 0 bridgehead atoms. The molecule has 4 nitrogen and oxygen atoms in total. The van der Waals surface area contributed by atoms with E-state index in [0.717, 1.165) is 18.4 Å². The molecule has 0 aromatic carbocycles. The second-order valence-corrected chi connectivity index (χ2v) is 7.32. The Hall–Kier alpha value is -0.620. The SMILES string of the molecule is CC(C)(C)OC(=O)NC1CCCC1.[Na+].[c-]1ccc2sccc2n1. The van der Waals surface area contributed by atoms with Gasteiger partial charge < -0.3 is 15.0 Å². The van der Waals surface area contributed by atoms with Gasteiger partial charge in [-0.2, -0.15) is 23.5 Å². The molecule has 1 aliphatic carbocycles. The van der Waals surface area contributed by atoms with Gasteiger partial charge in [-0.15, -0.1) is 0 Å². The molecule has 0 unspecified atom stereocenters.